The van der Waals surface area contributed by atoms with Crippen molar-refractivity contribution in [3.8, 4) is 5.69 Å². The van der Waals surface area contributed by atoms with Crippen LogP contribution >= 0.6 is 0 Å². The standard InChI is InChI=1S/C17H24N4O2/c1-11-6-12(2)8-15(7-11)21-13(3)9-16(19-21)18-17(23)20(5)14(4)10-22/h6-9,14,22H,10H2,1-5H3,(H,18,19,23). The first kappa shape index (κ1) is 17.0. The van der Waals surface area contributed by atoms with Crippen molar-refractivity contribution in [3.63, 3.8) is 0 Å². The maximum absolute atomic E-state index is 12.1. The van der Waals surface area contributed by atoms with Crippen LogP contribution in [0.5, 0.6) is 0 Å². The topological polar surface area (TPSA) is 70.4 Å². The number of urea groups is 1. The maximum Gasteiger partial charge on any atom is 0.323 e. The van der Waals surface area contributed by atoms with Gasteiger partial charge in [-0.1, -0.05) is 6.07 Å². The van der Waals surface area contributed by atoms with Crippen LogP contribution in [-0.4, -0.2) is 45.5 Å². The van der Waals surface area contributed by atoms with Crippen molar-refractivity contribution in [1.29, 1.82) is 0 Å². The van der Waals surface area contributed by atoms with Crippen LogP contribution < -0.4 is 5.32 Å². The second-order valence-electron chi connectivity index (χ2n) is 6.00. The molecule has 0 aliphatic rings. The molecule has 1 heterocycles. The largest absolute Gasteiger partial charge is 0.394 e. The smallest absolute Gasteiger partial charge is 0.323 e. The van der Waals surface area contributed by atoms with Gasteiger partial charge in [0.2, 0.25) is 0 Å². The summed E-state index contributed by atoms with van der Waals surface area (Å²) in [4.78, 5) is 13.6. The number of nitrogens with one attached hydrogen (secondary N) is 1. The lowest BCUT2D eigenvalue weighted by molar-refractivity contribution is 0.166. The van der Waals surface area contributed by atoms with Gasteiger partial charge < -0.3 is 10.0 Å². The summed E-state index contributed by atoms with van der Waals surface area (Å²) in [7, 11) is 1.64. The van der Waals surface area contributed by atoms with Gasteiger partial charge in [0.05, 0.1) is 18.3 Å². The lowest BCUT2D eigenvalue weighted by Crippen LogP contribution is -2.40. The second-order valence-corrected chi connectivity index (χ2v) is 6.00. The normalized spacial score (nSPS) is 12.1. The van der Waals surface area contributed by atoms with E-state index in [1.807, 2.05) is 31.5 Å². The fourth-order valence-electron chi connectivity index (χ4n) is 2.39. The van der Waals surface area contributed by atoms with Crippen molar-refractivity contribution in [2.24, 2.45) is 0 Å². The van der Waals surface area contributed by atoms with E-state index in [1.165, 1.54) is 4.90 Å². The fourth-order valence-corrected chi connectivity index (χ4v) is 2.39. The van der Waals surface area contributed by atoms with E-state index in [1.54, 1.807) is 14.0 Å². The molecule has 1 unspecified atom stereocenters. The summed E-state index contributed by atoms with van der Waals surface area (Å²) in [5, 5.41) is 16.4. The average molecular weight is 316 g/mol. The SMILES string of the molecule is Cc1cc(C)cc(-n2nc(NC(=O)N(C)C(C)CO)cc2C)c1. The van der Waals surface area contributed by atoms with Gasteiger partial charge in [0.1, 0.15) is 0 Å². The molecule has 0 saturated heterocycles. The predicted molar refractivity (Wildman–Crippen MR) is 91.1 cm³/mol. The molecule has 2 rings (SSSR count). The molecule has 0 bridgehead atoms. The molecule has 0 aliphatic carbocycles. The molecule has 2 N–H and O–H groups in total. The number of aliphatic hydroxyl groups excluding tert-OH is 1. The minimum absolute atomic E-state index is 0.0834. The van der Waals surface area contributed by atoms with Crippen LogP contribution in [0, 0.1) is 20.8 Å². The maximum atomic E-state index is 12.1. The summed E-state index contributed by atoms with van der Waals surface area (Å²) >= 11 is 0. The highest BCUT2D eigenvalue weighted by Gasteiger charge is 2.16. The minimum atomic E-state index is -0.295. The molecule has 1 aromatic heterocycles. The Kier molecular flexibility index (Phi) is 5.05. The molecule has 2 amide bonds. The number of aryl methyl sites for hydroxylation is 3. The first-order valence-corrected chi connectivity index (χ1v) is 7.62. The Bertz CT molecular complexity index is 688. The molecule has 6 nitrogen and oxygen atoms in total. The van der Waals surface area contributed by atoms with Gasteiger partial charge in [-0.15, -0.1) is 5.10 Å². The van der Waals surface area contributed by atoms with E-state index in [4.69, 9.17) is 5.11 Å². The monoisotopic (exact) mass is 316 g/mol. The van der Waals surface area contributed by atoms with E-state index in [9.17, 15) is 4.79 Å². The van der Waals surface area contributed by atoms with Crippen LogP contribution in [0.4, 0.5) is 10.6 Å². The molecule has 0 spiro atoms. The van der Waals surface area contributed by atoms with E-state index in [2.05, 4.69) is 28.6 Å². The van der Waals surface area contributed by atoms with Crippen LogP contribution in [-0.2, 0) is 0 Å². The van der Waals surface area contributed by atoms with E-state index in [-0.39, 0.29) is 18.7 Å². The van der Waals surface area contributed by atoms with Gasteiger partial charge in [0.15, 0.2) is 5.82 Å². The number of likely N-dealkylation sites (N-methyl/N-ethyl adjacent to an activating group) is 1. The predicted octanol–water partition coefficient (Wildman–Crippen LogP) is 2.64. The third-order valence-corrected chi connectivity index (χ3v) is 3.82. The molecule has 0 saturated carbocycles. The number of anilines is 1. The van der Waals surface area contributed by atoms with Crippen LogP contribution in [0.2, 0.25) is 0 Å². The molecule has 1 aromatic carbocycles. The Balaban J connectivity index is 2.23. The Hall–Kier alpha value is -2.34. The number of carbonyl (C=O) groups excluding carboxylic acids is 1. The van der Waals surface area contributed by atoms with Gasteiger partial charge >= 0.3 is 6.03 Å². The highest BCUT2D eigenvalue weighted by Crippen LogP contribution is 2.18. The van der Waals surface area contributed by atoms with Gasteiger partial charge in [0.25, 0.3) is 0 Å². The zero-order valence-electron chi connectivity index (χ0n) is 14.3. The molecular weight excluding hydrogens is 292 g/mol. The summed E-state index contributed by atoms with van der Waals surface area (Å²) in [6.45, 7) is 7.73. The molecule has 0 fully saturated rings. The summed E-state index contributed by atoms with van der Waals surface area (Å²) in [5.74, 6) is 0.489. The molecule has 23 heavy (non-hydrogen) atoms. The number of aromatic nitrogens is 2. The van der Waals surface area contributed by atoms with Crippen molar-refractivity contribution in [2.75, 3.05) is 19.0 Å². The number of amides is 2. The zero-order chi connectivity index (χ0) is 17.1. The van der Waals surface area contributed by atoms with E-state index in [0.717, 1.165) is 22.5 Å². The Labute approximate surface area is 136 Å². The number of carbonyl (C=O) groups is 1. The summed E-state index contributed by atoms with van der Waals surface area (Å²) in [5.41, 5.74) is 4.23. The summed E-state index contributed by atoms with van der Waals surface area (Å²) in [6.07, 6.45) is 0. The molecule has 1 atom stereocenters. The van der Waals surface area contributed by atoms with Crippen LogP contribution in [0.15, 0.2) is 24.3 Å². The summed E-state index contributed by atoms with van der Waals surface area (Å²) < 4.78 is 1.81. The molecule has 2 aromatic rings. The molecule has 0 aliphatic heterocycles. The van der Waals surface area contributed by atoms with Gasteiger partial charge in [-0.2, -0.15) is 0 Å². The lowest BCUT2D eigenvalue weighted by Gasteiger charge is -2.22. The fraction of sp³-hybridized carbons (Fsp3) is 0.412. The summed E-state index contributed by atoms with van der Waals surface area (Å²) in [6, 6.07) is 7.50. The van der Waals surface area contributed by atoms with Crippen LogP contribution in [0.1, 0.15) is 23.7 Å². The number of hydrogen-bond acceptors (Lipinski definition) is 3. The third-order valence-electron chi connectivity index (χ3n) is 3.82. The van der Waals surface area contributed by atoms with E-state index < -0.39 is 0 Å². The molecule has 6 heteroatoms. The quantitative estimate of drug-likeness (QED) is 0.911. The highest BCUT2D eigenvalue weighted by atomic mass is 16.3. The van der Waals surface area contributed by atoms with Crippen molar-refractivity contribution >= 4 is 11.8 Å². The molecule has 0 radical (unpaired) electrons. The third kappa shape index (κ3) is 3.90. The first-order chi connectivity index (χ1) is 10.8. The van der Waals surface area contributed by atoms with Gasteiger partial charge in [-0.3, -0.25) is 5.32 Å². The Morgan fingerprint density at radius 1 is 1.26 bits per heavy atom. The van der Waals surface area contributed by atoms with Crippen molar-refractivity contribution in [1.82, 2.24) is 14.7 Å². The number of nitrogens with zero attached hydrogens (tertiary/aromatic N) is 3. The van der Waals surface area contributed by atoms with Gasteiger partial charge in [-0.25, -0.2) is 9.48 Å². The average Bonchev–Trinajstić information content (AvgIpc) is 2.85. The lowest BCUT2D eigenvalue weighted by atomic mass is 10.1. The first-order valence-electron chi connectivity index (χ1n) is 7.62. The number of hydrogen-bond donors (Lipinski definition) is 2. The van der Waals surface area contributed by atoms with Crippen molar-refractivity contribution in [2.45, 2.75) is 33.7 Å². The van der Waals surface area contributed by atoms with Crippen molar-refractivity contribution < 1.29 is 9.90 Å². The van der Waals surface area contributed by atoms with E-state index in [0.29, 0.717) is 5.82 Å². The minimum Gasteiger partial charge on any atom is -0.394 e. The zero-order valence-corrected chi connectivity index (χ0v) is 14.3. The number of aliphatic hydroxyl groups is 1. The van der Waals surface area contributed by atoms with E-state index >= 15 is 0 Å². The highest BCUT2D eigenvalue weighted by molar-refractivity contribution is 5.88. The molecular formula is C17H24N4O2. The Morgan fingerprint density at radius 2 is 1.87 bits per heavy atom. The van der Waals surface area contributed by atoms with Crippen molar-refractivity contribution in [3.05, 3.63) is 41.1 Å². The second kappa shape index (κ2) is 6.83. The van der Waals surface area contributed by atoms with Gasteiger partial charge in [-0.05, 0) is 51.0 Å². The number of rotatable bonds is 4. The Morgan fingerprint density at radius 3 is 2.43 bits per heavy atom. The van der Waals surface area contributed by atoms with Crippen LogP contribution in [0.3, 0.4) is 0 Å². The molecule has 124 valence electrons. The van der Waals surface area contributed by atoms with Gasteiger partial charge in [0, 0.05) is 18.8 Å². The van der Waals surface area contributed by atoms with Crippen LogP contribution in [0.25, 0.3) is 5.69 Å². The number of benzene rings is 1.